The smallest absolute Gasteiger partial charge is 0.314 e. The van der Waals surface area contributed by atoms with Crippen LogP contribution in [0.2, 0.25) is 0 Å². The Morgan fingerprint density at radius 3 is 2.05 bits per heavy atom. The van der Waals surface area contributed by atoms with Gasteiger partial charge in [-0.15, -0.1) is 0 Å². The number of carbonyl (C=O) groups is 2. The Morgan fingerprint density at radius 2 is 1.57 bits per heavy atom. The van der Waals surface area contributed by atoms with Crippen LogP contribution in [0.3, 0.4) is 0 Å². The van der Waals surface area contributed by atoms with Crippen LogP contribution in [0.5, 0.6) is 0 Å². The van der Waals surface area contributed by atoms with Gasteiger partial charge < -0.3 is 21.3 Å². The highest BCUT2D eigenvalue weighted by Gasteiger charge is 2.26. The van der Waals surface area contributed by atoms with Crippen LogP contribution in [0, 0.1) is 0 Å². The number of likely N-dealkylation sites (tertiary alicyclic amines) is 2. The highest BCUT2D eigenvalue weighted by atomic mass is 16.2. The molecule has 2 heterocycles. The van der Waals surface area contributed by atoms with Gasteiger partial charge in [0.05, 0.1) is 6.54 Å². The maximum absolute atomic E-state index is 11.4. The molecule has 0 aromatic rings. The molecule has 7 heteroatoms. The molecular formula is C14H27N5O2. The SMILES string of the molecule is CNC(=O)CN1CCC(NC2CCN(C(N)=O)CC2)CC1. The summed E-state index contributed by atoms with van der Waals surface area (Å²) in [6.45, 7) is 3.93. The van der Waals surface area contributed by atoms with E-state index in [0.717, 1.165) is 51.9 Å². The minimum atomic E-state index is -0.309. The van der Waals surface area contributed by atoms with Gasteiger partial charge in [-0.25, -0.2) is 4.79 Å². The second-order valence-electron chi connectivity index (χ2n) is 5.99. The quantitative estimate of drug-likeness (QED) is 0.642. The van der Waals surface area contributed by atoms with E-state index >= 15 is 0 Å². The van der Waals surface area contributed by atoms with Gasteiger partial charge in [-0.3, -0.25) is 9.69 Å². The molecule has 0 unspecified atom stereocenters. The number of urea groups is 1. The summed E-state index contributed by atoms with van der Waals surface area (Å²) < 4.78 is 0. The molecule has 0 atom stereocenters. The van der Waals surface area contributed by atoms with Gasteiger partial charge in [0, 0.05) is 45.3 Å². The van der Waals surface area contributed by atoms with Gasteiger partial charge in [0.25, 0.3) is 0 Å². The number of likely N-dealkylation sites (N-methyl/N-ethyl adjacent to an activating group) is 1. The lowest BCUT2D eigenvalue weighted by atomic mass is 9.99. The number of nitrogens with one attached hydrogen (secondary N) is 2. The lowest BCUT2D eigenvalue weighted by Crippen LogP contribution is -2.52. The molecule has 120 valence electrons. The number of hydrogen-bond acceptors (Lipinski definition) is 4. The van der Waals surface area contributed by atoms with Gasteiger partial charge in [0.1, 0.15) is 0 Å². The predicted molar refractivity (Wildman–Crippen MR) is 80.8 cm³/mol. The van der Waals surface area contributed by atoms with Crippen LogP contribution in [-0.2, 0) is 4.79 Å². The van der Waals surface area contributed by atoms with E-state index in [0.29, 0.717) is 18.6 Å². The molecule has 4 N–H and O–H groups in total. The summed E-state index contributed by atoms with van der Waals surface area (Å²) in [5.41, 5.74) is 5.29. The number of primary amides is 1. The molecular weight excluding hydrogens is 270 g/mol. The van der Waals surface area contributed by atoms with E-state index in [1.165, 1.54) is 0 Å². The average Bonchev–Trinajstić information content (AvgIpc) is 2.49. The first-order valence-corrected chi connectivity index (χ1v) is 7.82. The van der Waals surface area contributed by atoms with Crippen molar-refractivity contribution in [1.82, 2.24) is 20.4 Å². The van der Waals surface area contributed by atoms with Crippen LogP contribution < -0.4 is 16.4 Å². The molecule has 0 radical (unpaired) electrons. The van der Waals surface area contributed by atoms with E-state index in [9.17, 15) is 9.59 Å². The minimum Gasteiger partial charge on any atom is -0.358 e. The van der Waals surface area contributed by atoms with Gasteiger partial charge in [-0.1, -0.05) is 0 Å². The first-order valence-electron chi connectivity index (χ1n) is 7.82. The van der Waals surface area contributed by atoms with Crippen molar-refractivity contribution in [2.45, 2.75) is 37.8 Å². The summed E-state index contributed by atoms with van der Waals surface area (Å²) in [7, 11) is 1.68. The number of nitrogens with two attached hydrogens (primary N) is 1. The van der Waals surface area contributed by atoms with Gasteiger partial charge in [0.15, 0.2) is 0 Å². The van der Waals surface area contributed by atoms with E-state index in [1.807, 2.05) is 0 Å². The number of carbonyl (C=O) groups excluding carboxylic acids is 2. The predicted octanol–water partition coefficient (Wildman–Crippen LogP) is -0.670. The third-order valence-corrected chi connectivity index (χ3v) is 4.51. The Hall–Kier alpha value is -1.34. The summed E-state index contributed by atoms with van der Waals surface area (Å²) in [5, 5.41) is 6.36. The summed E-state index contributed by atoms with van der Waals surface area (Å²) in [6.07, 6.45) is 4.10. The molecule has 2 saturated heterocycles. The second kappa shape index (κ2) is 7.61. The zero-order chi connectivity index (χ0) is 15.2. The van der Waals surface area contributed by atoms with Crippen molar-refractivity contribution in [3.63, 3.8) is 0 Å². The topological polar surface area (TPSA) is 90.7 Å². The van der Waals surface area contributed by atoms with Crippen LogP contribution in [0.1, 0.15) is 25.7 Å². The van der Waals surface area contributed by atoms with Crippen LogP contribution in [0.4, 0.5) is 4.79 Å². The summed E-state index contributed by atoms with van der Waals surface area (Å²) in [5.74, 6) is 0.0835. The third-order valence-electron chi connectivity index (χ3n) is 4.51. The molecule has 3 amide bonds. The van der Waals surface area contributed by atoms with Crippen molar-refractivity contribution in [2.75, 3.05) is 39.8 Å². The maximum atomic E-state index is 11.4. The molecule has 0 aliphatic carbocycles. The van der Waals surface area contributed by atoms with Gasteiger partial charge in [0.2, 0.25) is 5.91 Å². The van der Waals surface area contributed by atoms with Gasteiger partial charge in [-0.05, 0) is 25.7 Å². The number of nitrogens with zero attached hydrogens (tertiary/aromatic N) is 2. The summed E-state index contributed by atoms with van der Waals surface area (Å²) in [4.78, 5) is 26.4. The van der Waals surface area contributed by atoms with E-state index in [1.54, 1.807) is 11.9 Å². The van der Waals surface area contributed by atoms with Crippen LogP contribution in [0.15, 0.2) is 0 Å². The standard InChI is InChI=1S/C14H27N5O2/c1-16-13(20)10-18-6-2-11(3-7-18)17-12-4-8-19(9-5-12)14(15)21/h11-12,17H,2-10H2,1H3,(H2,15,21)(H,16,20). The Balaban J connectivity index is 1.65. The van der Waals surface area contributed by atoms with Crippen molar-refractivity contribution in [3.8, 4) is 0 Å². The van der Waals surface area contributed by atoms with Crippen molar-refractivity contribution in [1.29, 1.82) is 0 Å². The highest BCUT2D eigenvalue weighted by molar-refractivity contribution is 5.77. The molecule has 7 nitrogen and oxygen atoms in total. The van der Waals surface area contributed by atoms with Gasteiger partial charge >= 0.3 is 6.03 Å². The first-order chi connectivity index (χ1) is 10.1. The Bertz CT molecular complexity index is 360. The number of piperidine rings is 2. The first kappa shape index (κ1) is 16.0. The fourth-order valence-electron chi connectivity index (χ4n) is 3.14. The Kier molecular flexibility index (Phi) is 5.81. The van der Waals surface area contributed by atoms with Crippen LogP contribution in [-0.4, -0.2) is 73.6 Å². The van der Waals surface area contributed by atoms with Crippen molar-refractivity contribution >= 4 is 11.9 Å². The minimum absolute atomic E-state index is 0.0835. The van der Waals surface area contributed by atoms with Crippen molar-refractivity contribution in [2.24, 2.45) is 5.73 Å². The largest absolute Gasteiger partial charge is 0.358 e. The number of amides is 3. The molecule has 2 rings (SSSR count). The fourth-order valence-corrected chi connectivity index (χ4v) is 3.14. The van der Waals surface area contributed by atoms with Crippen molar-refractivity contribution in [3.05, 3.63) is 0 Å². The molecule has 2 aliphatic rings. The third kappa shape index (κ3) is 4.86. The summed E-state index contributed by atoms with van der Waals surface area (Å²) >= 11 is 0. The molecule has 0 aromatic heterocycles. The zero-order valence-electron chi connectivity index (χ0n) is 12.8. The molecule has 0 bridgehead atoms. The van der Waals surface area contributed by atoms with E-state index < -0.39 is 0 Å². The number of rotatable bonds is 4. The van der Waals surface area contributed by atoms with Crippen LogP contribution >= 0.6 is 0 Å². The lowest BCUT2D eigenvalue weighted by molar-refractivity contribution is -0.122. The zero-order valence-corrected chi connectivity index (χ0v) is 12.8. The normalized spacial score (nSPS) is 22.2. The fraction of sp³-hybridized carbons (Fsp3) is 0.857. The monoisotopic (exact) mass is 297 g/mol. The van der Waals surface area contributed by atoms with Gasteiger partial charge in [-0.2, -0.15) is 0 Å². The van der Waals surface area contributed by atoms with Crippen LogP contribution in [0.25, 0.3) is 0 Å². The number of hydrogen-bond donors (Lipinski definition) is 3. The van der Waals surface area contributed by atoms with E-state index in [4.69, 9.17) is 5.73 Å². The average molecular weight is 297 g/mol. The second-order valence-corrected chi connectivity index (χ2v) is 5.99. The molecule has 0 spiro atoms. The Labute approximate surface area is 126 Å². The molecule has 0 saturated carbocycles. The maximum Gasteiger partial charge on any atom is 0.314 e. The molecule has 21 heavy (non-hydrogen) atoms. The molecule has 0 aromatic carbocycles. The Morgan fingerprint density at radius 1 is 1.05 bits per heavy atom. The van der Waals surface area contributed by atoms with E-state index in [2.05, 4.69) is 15.5 Å². The molecule has 2 aliphatic heterocycles. The lowest BCUT2D eigenvalue weighted by Gasteiger charge is -2.37. The van der Waals surface area contributed by atoms with Crippen molar-refractivity contribution < 1.29 is 9.59 Å². The van der Waals surface area contributed by atoms with E-state index in [-0.39, 0.29) is 11.9 Å². The molecule has 2 fully saturated rings. The highest BCUT2D eigenvalue weighted by Crippen LogP contribution is 2.15. The summed E-state index contributed by atoms with van der Waals surface area (Å²) in [6, 6.07) is 0.697.